The summed E-state index contributed by atoms with van der Waals surface area (Å²) in [5.41, 5.74) is 1.93. The summed E-state index contributed by atoms with van der Waals surface area (Å²) in [5.74, 6) is 13.1. The van der Waals surface area contributed by atoms with Crippen LogP contribution in [0.3, 0.4) is 0 Å². The summed E-state index contributed by atoms with van der Waals surface area (Å²) in [6, 6.07) is 27.1. The van der Waals surface area contributed by atoms with Gasteiger partial charge < -0.3 is 4.74 Å². The molecule has 0 radical (unpaired) electrons. The van der Waals surface area contributed by atoms with Gasteiger partial charge in [0, 0.05) is 11.1 Å². The van der Waals surface area contributed by atoms with E-state index < -0.39 is 0 Å². The Kier molecular flexibility index (Phi) is 3.86. The van der Waals surface area contributed by atoms with Crippen LogP contribution in [0.1, 0.15) is 11.1 Å². The van der Waals surface area contributed by atoms with Gasteiger partial charge in [-0.05, 0) is 74.5 Å². The van der Waals surface area contributed by atoms with E-state index >= 15 is 0 Å². The van der Waals surface area contributed by atoms with Gasteiger partial charge in [0.1, 0.15) is 5.75 Å². The topological polar surface area (TPSA) is 9.23 Å². The fraction of sp³-hybridized carbons (Fsp3) is 0.0370. The number of methoxy groups -OCH3 is 1. The Hall–Kier alpha value is -3.94. The zero-order valence-electron chi connectivity index (χ0n) is 15.4. The number of rotatable bonds is 1. The second kappa shape index (κ2) is 6.66. The normalized spacial score (nSPS) is 10.5. The van der Waals surface area contributed by atoms with E-state index in [1.165, 1.54) is 32.3 Å². The molecule has 0 fully saturated rings. The third-order valence-electron chi connectivity index (χ3n) is 5.09. The van der Waals surface area contributed by atoms with Gasteiger partial charge in [-0.2, -0.15) is 0 Å². The zero-order chi connectivity index (χ0) is 18.9. The predicted octanol–water partition coefficient (Wildman–Crippen LogP) is 6.00. The molecule has 0 aliphatic rings. The van der Waals surface area contributed by atoms with Crippen LogP contribution in [0, 0.1) is 23.7 Å². The molecule has 0 bridgehead atoms. The maximum Gasteiger partial charge on any atom is 0.118 e. The summed E-state index contributed by atoms with van der Waals surface area (Å²) < 4.78 is 5.17. The highest BCUT2D eigenvalue weighted by Gasteiger charge is 2.09. The molecule has 0 saturated carbocycles. The van der Waals surface area contributed by atoms with Crippen molar-refractivity contribution in [2.75, 3.05) is 7.11 Å². The molecule has 0 heterocycles. The van der Waals surface area contributed by atoms with E-state index in [2.05, 4.69) is 78.3 Å². The maximum absolute atomic E-state index is 5.17. The summed E-state index contributed by atoms with van der Waals surface area (Å²) >= 11 is 0. The minimum Gasteiger partial charge on any atom is -0.497 e. The van der Waals surface area contributed by atoms with E-state index in [9.17, 15) is 0 Å². The fourth-order valence-corrected chi connectivity index (χ4v) is 3.72. The van der Waals surface area contributed by atoms with Gasteiger partial charge in [-0.15, -0.1) is 0 Å². The summed E-state index contributed by atoms with van der Waals surface area (Å²) in [7, 11) is 1.66. The van der Waals surface area contributed by atoms with Crippen LogP contribution in [0.15, 0.2) is 78.9 Å². The van der Waals surface area contributed by atoms with E-state index in [4.69, 9.17) is 4.74 Å². The second-order valence-corrected chi connectivity index (χ2v) is 6.70. The fourth-order valence-electron chi connectivity index (χ4n) is 3.72. The summed E-state index contributed by atoms with van der Waals surface area (Å²) in [6.07, 6.45) is 0. The van der Waals surface area contributed by atoms with Gasteiger partial charge in [-0.1, -0.05) is 60.4 Å². The van der Waals surface area contributed by atoms with Crippen molar-refractivity contribution in [3.05, 3.63) is 90.0 Å². The van der Waals surface area contributed by atoms with Crippen molar-refractivity contribution in [1.82, 2.24) is 0 Å². The summed E-state index contributed by atoms with van der Waals surface area (Å²) in [5, 5.41) is 7.55. The molecule has 0 N–H and O–H groups in total. The largest absolute Gasteiger partial charge is 0.497 e. The lowest BCUT2D eigenvalue weighted by molar-refractivity contribution is 0.415. The minimum atomic E-state index is 0.824. The summed E-state index contributed by atoms with van der Waals surface area (Å²) in [6.45, 7) is 0. The van der Waals surface area contributed by atoms with Gasteiger partial charge in [0.15, 0.2) is 0 Å². The molecule has 0 amide bonds. The van der Waals surface area contributed by atoms with Gasteiger partial charge >= 0.3 is 0 Å². The Morgan fingerprint density at radius 2 is 1.25 bits per heavy atom. The second-order valence-electron chi connectivity index (χ2n) is 6.70. The Morgan fingerprint density at radius 3 is 2.00 bits per heavy atom. The van der Waals surface area contributed by atoms with Crippen LogP contribution >= 0.6 is 0 Å². The molecule has 5 rings (SSSR count). The molecule has 0 atom stereocenters. The van der Waals surface area contributed by atoms with Gasteiger partial charge in [0.2, 0.25) is 0 Å². The highest BCUT2D eigenvalue weighted by Crippen LogP contribution is 2.35. The lowest BCUT2D eigenvalue weighted by atomic mass is 9.92. The third kappa shape index (κ3) is 2.71. The van der Waals surface area contributed by atoms with Crippen molar-refractivity contribution in [3.63, 3.8) is 0 Å². The first-order valence-corrected chi connectivity index (χ1v) is 9.16. The molecule has 130 valence electrons. The first-order chi connectivity index (χ1) is 13.8. The van der Waals surface area contributed by atoms with Gasteiger partial charge in [-0.25, -0.2) is 0 Å². The Balaban J connectivity index is 1.59. The lowest BCUT2D eigenvalue weighted by Crippen LogP contribution is -1.86. The molecule has 1 nitrogen and oxygen atoms in total. The standard InChI is InChI=1S/C27H16O/c1-28-24-16-9-19(10-17-24)5-2-3-6-20-11-12-23-14-13-21-7-4-8-22-15-18-25(20)27(23)26(21)22/h4,7-18H,1H3. The quantitative estimate of drug-likeness (QED) is 0.264. The lowest BCUT2D eigenvalue weighted by Gasteiger charge is -2.11. The van der Waals surface area contributed by atoms with Crippen molar-refractivity contribution in [3.8, 4) is 29.4 Å². The smallest absolute Gasteiger partial charge is 0.118 e. The van der Waals surface area contributed by atoms with E-state index in [0.717, 1.165) is 16.9 Å². The van der Waals surface area contributed by atoms with Crippen LogP contribution in [-0.2, 0) is 0 Å². The van der Waals surface area contributed by atoms with E-state index in [0.29, 0.717) is 0 Å². The highest BCUT2D eigenvalue weighted by atomic mass is 16.5. The third-order valence-corrected chi connectivity index (χ3v) is 5.09. The molecule has 28 heavy (non-hydrogen) atoms. The molecule has 0 unspecified atom stereocenters. The Bertz CT molecular complexity index is 1420. The SMILES string of the molecule is COc1ccc(C#CC#Cc2ccc3ccc4cccc5ccc2c3c45)cc1. The maximum atomic E-state index is 5.17. The zero-order valence-corrected chi connectivity index (χ0v) is 15.4. The molecule has 1 heteroatoms. The van der Waals surface area contributed by atoms with Crippen LogP contribution < -0.4 is 4.74 Å². The first-order valence-electron chi connectivity index (χ1n) is 9.16. The van der Waals surface area contributed by atoms with E-state index in [-0.39, 0.29) is 0 Å². The van der Waals surface area contributed by atoms with Crippen LogP contribution in [0.2, 0.25) is 0 Å². The molecule has 5 aromatic carbocycles. The molecular weight excluding hydrogens is 340 g/mol. The number of hydrogen-bond donors (Lipinski definition) is 0. The first kappa shape index (κ1) is 16.2. The molecule has 5 aromatic rings. The highest BCUT2D eigenvalue weighted by molar-refractivity contribution is 6.23. The molecule has 0 aromatic heterocycles. The monoisotopic (exact) mass is 356 g/mol. The van der Waals surface area contributed by atoms with Crippen LogP contribution in [0.4, 0.5) is 0 Å². The Labute approximate surface area is 163 Å². The van der Waals surface area contributed by atoms with Crippen LogP contribution in [-0.4, -0.2) is 7.11 Å². The number of benzene rings is 5. The molecule has 0 spiro atoms. The average Bonchev–Trinajstić information content (AvgIpc) is 2.76. The van der Waals surface area contributed by atoms with Crippen LogP contribution in [0.5, 0.6) is 5.75 Å². The van der Waals surface area contributed by atoms with Gasteiger partial charge in [-0.3, -0.25) is 0 Å². The van der Waals surface area contributed by atoms with Crippen molar-refractivity contribution < 1.29 is 4.74 Å². The molecule has 0 saturated heterocycles. The van der Waals surface area contributed by atoms with Gasteiger partial charge in [0.05, 0.1) is 7.11 Å². The van der Waals surface area contributed by atoms with E-state index in [1.54, 1.807) is 7.11 Å². The molecule has 0 aliphatic heterocycles. The van der Waals surface area contributed by atoms with Gasteiger partial charge in [0.25, 0.3) is 0 Å². The van der Waals surface area contributed by atoms with Crippen molar-refractivity contribution in [1.29, 1.82) is 0 Å². The average molecular weight is 356 g/mol. The van der Waals surface area contributed by atoms with Crippen LogP contribution in [0.25, 0.3) is 32.3 Å². The minimum absolute atomic E-state index is 0.824. The molecule has 0 aliphatic carbocycles. The predicted molar refractivity (Wildman–Crippen MR) is 117 cm³/mol. The molecular formula is C27H16O. The number of hydrogen-bond acceptors (Lipinski definition) is 1. The van der Waals surface area contributed by atoms with E-state index in [1.807, 2.05) is 24.3 Å². The van der Waals surface area contributed by atoms with Crippen molar-refractivity contribution in [2.45, 2.75) is 0 Å². The van der Waals surface area contributed by atoms with Crippen molar-refractivity contribution in [2.24, 2.45) is 0 Å². The van der Waals surface area contributed by atoms with Crippen molar-refractivity contribution >= 4 is 32.3 Å². The number of ether oxygens (including phenoxy) is 1. The summed E-state index contributed by atoms with van der Waals surface area (Å²) in [4.78, 5) is 0. The Morgan fingerprint density at radius 1 is 0.607 bits per heavy atom.